The molecule has 0 spiro atoms. The van der Waals surface area contributed by atoms with Crippen molar-refractivity contribution in [3.05, 3.63) is 69.2 Å². The van der Waals surface area contributed by atoms with Gasteiger partial charge < -0.3 is 26.0 Å². The number of nitrogens with zero attached hydrogens (tertiary/aromatic N) is 1. The van der Waals surface area contributed by atoms with Gasteiger partial charge in [-0.25, -0.2) is 8.78 Å². The van der Waals surface area contributed by atoms with Crippen LogP contribution in [0.3, 0.4) is 0 Å². The van der Waals surface area contributed by atoms with Gasteiger partial charge in [-0.1, -0.05) is 55.2 Å². The lowest BCUT2D eigenvalue weighted by atomic mass is 9.62. The smallest absolute Gasteiger partial charge is 0.237 e. The van der Waals surface area contributed by atoms with E-state index in [-0.39, 0.29) is 47.2 Å². The Hall–Kier alpha value is -2.32. The lowest BCUT2D eigenvalue weighted by Gasteiger charge is -2.38. The van der Waals surface area contributed by atoms with Crippen LogP contribution >= 0.6 is 23.2 Å². The van der Waals surface area contributed by atoms with Crippen LogP contribution in [0.2, 0.25) is 10.0 Å². The van der Waals surface area contributed by atoms with E-state index in [9.17, 15) is 20.3 Å². The number of nitrogens with one attached hydrogen (secondary N) is 2. The first kappa shape index (κ1) is 30.2. The summed E-state index contributed by atoms with van der Waals surface area (Å²) in [6.07, 6.45) is -0.862. The normalized spacial score (nSPS) is 24.2. The molecule has 1 heterocycles. The third-order valence-corrected chi connectivity index (χ3v) is 7.61. The van der Waals surface area contributed by atoms with Crippen LogP contribution in [-0.2, 0) is 10.2 Å². The van der Waals surface area contributed by atoms with Gasteiger partial charge in [-0.05, 0) is 42.0 Å². The van der Waals surface area contributed by atoms with E-state index in [0.717, 1.165) is 6.07 Å². The number of carbonyl (C=O) groups is 1. The van der Waals surface area contributed by atoms with Gasteiger partial charge in [-0.3, -0.25) is 4.79 Å². The molecule has 5 atom stereocenters. The van der Waals surface area contributed by atoms with Crippen LogP contribution in [0, 0.1) is 28.4 Å². The summed E-state index contributed by atoms with van der Waals surface area (Å²) in [6, 6.07) is 8.15. The Bertz CT molecular complexity index is 1210. The van der Waals surface area contributed by atoms with Crippen molar-refractivity contribution in [2.24, 2.45) is 5.41 Å². The van der Waals surface area contributed by atoms with E-state index < -0.39 is 59.1 Å². The Kier molecular flexibility index (Phi) is 9.74. The first-order valence-electron chi connectivity index (χ1n) is 12.2. The molecule has 7 nitrogen and oxygen atoms in total. The number of nitriles is 1. The predicted octanol–water partition coefficient (Wildman–Crippen LogP) is 3.43. The van der Waals surface area contributed by atoms with Crippen LogP contribution in [-0.4, -0.2) is 59.2 Å². The van der Waals surface area contributed by atoms with Crippen molar-refractivity contribution in [1.29, 1.82) is 5.26 Å². The summed E-state index contributed by atoms with van der Waals surface area (Å²) < 4.78 is 31.1. The molecular formula is C27H31Cl2F2N3O4. The van der Waals surface area contributed by atoms with Gasteiger partial charge in [-0.2, -0.15) is 5.26 Å². The quantitative estimate of drug-likeness (QED) is 0.298. The summed E-state index contributed by atoms with van der Waals surface area (Å²) in [4.78, 5) is 13.5. The largest absolute Gasteiger partial charge is 0.396 e. The average molecular weight is 570 g/mol. The Labute approximate surface area is 230 Å². The number of benzene rings is 2. The molecule has 38 heavy (non-hydrogen) atoms. The van der Waals surface area contributed by atoms with E-state index >= 15 is 8.78 Å². The zero-order chi connectivity index (χ0) is 28.3. The van der Waals surface area contributed by atoms with Gasteiger partial charge in [-0.15, -0.1) is 0 Å². The Morgan fingerprint density at radius 3 is 2.58 bits per heavy atom. The number of aliphatic hydroxyl groups is 3. The van der Waals surface area contributed by atoms with E-state index in [0.29, 0.717) is 0 Å². The maximum Gasteiger partial charge on any atom is 0.237 e. The Balaban J connectivity index is 2.25. The Morgan fingerprint density at radius 2 is 1.97 bits per heavy atom. The summed E-state index contributed by atoms with van der Waals surface area (Å²) in [5.74, 6) is -3.50. The second kappa shape index (κ2) is 12.2. The molecule has 11 heteroatoms. The molecule has 1 saturated heterocycles. The second-order valence-corrected chi connectivity index (χ2v) is 11.2. The molecule has 0 radical (unpaired) electrons. The fourth-order valence-electron chi connectivity index (χ4n) is 5.12. The molecule has 1 aliphatic rings. The van der Waals surface area contributed by atoms with Crippen molar-refractivity contribution >= 4 is 29.1 Å². The molecule has 0 bridgehead atoms. The summed E-state index contributed by atoms with van der Waals surface area (Å²) in [5.41, 5.74) is -2.71. The standard InChI is InChI=1S/C27H31Cl2F2N3O4/c1-26(2,14-36)11-21-27(13-32,18-7-6-15(28)10-20(18)30)22(17-4-3-5-19(29)23(17)31)24(34-21)25(38)33-9-8-16(37)12-35/h3-7,10,16,21-22,24,34-37H,8-9,11-12,14H2,1-2H3,(H,33,38)/t16-,21?,22?,24?,27?/m0/s1. The molecule has 5 N–H and O–H groups in total. The molecule has 3 rings (SSSR count). The number of hydrogen-bond donors (Lipinski definition) is 5. The number of amides is 1. The first-order valence-corrected chi connectivity index (χ1v) is 12.9. The first-order chi connectivity index (χ1) is 17.9. The SMILES string of the molecule is CC(C)(CO)CC1NC(C(=O)NCC[C@H](O)CO)C(c2cccc(Cl)c2F)C1(C#N)c1ccc(Cl)cc1F. The van der Waals surface area contributed by atoms with Gasteiger partial charge in [0.2, 0.25) is 5.91 Å². The molecule has 0 aliphatic carbocycles. The van der Waals surface area contributed by atoms with Gasteiger partial charge in [0.1, 0.15) is 17.0 Å². The Morgan fingerprint density at radius 1 is 1.26 bits per heavy atom. The van der Waals surface area contributed by atoms with Crippen LogP contribution < -0.4 is 10.6 Å². The molecule has 0 saturated carbocycles. The summed E-state index contributed by atoms with van der Waals surface area (Å²) in [6.45, 7) is 2.76. The van der Waals surface area contributed by atoms with Crippen molar-refractivity contribution in [3.63, 3.8) is 0 Å². The fourth-order valence-corrected chi connectivity index (χ4v) is 5.47. The number of rotatable bonds is 10. The van der Waals surface area contributed by atoms with E-state index in [4.69, 9.17) is 28.3 Å². The van der Waals surface area contributed by atoms with Gasteiger partial charge >= 0.3 is 0 Å². The molecule has 2 aromatic rings. The number of carbonyl (C=O) groups excluding carboxylic acids is 1. The van der Waals surface area contributed by atoms with Gasteiger partial charge in [0, 0.05) is 35.7 Å². The molecule has 4 unspecified atom stereocenters. The van der Waals surface area contributed by atoms with Crippen molar-refractivity contribution in [2.75, 3.05) is 19.8 Å². The highest BCUT2D eigenvalue weighted by molar-refractivity contribution is 6.31. The van der Waals surface area contributed by atoms with Gasteiger partial charge in [0.05, 0.1) is 29.8 Å². The molecule has 1 amide bonds. The van der Waals surface area contributed by atoms with Crippen LogP contribution in [0.5, 0.6) is 0 Å². The van der Waals surface area contributed by atoms with Crippen molar-refractivity contribution in [3.8, 4) is 6.07 Å². The predicted molar refractivity (Wildman–Crippen MR) is 140 cm³/mol. The number of halogens is 4. The minimum atomic E-state index is -1.82. The maximum atomic E-state index is 15.6. The highest BCUT2D eigenvalue weighted by atomic mass is 35.5. The number of hydrogen-bond acceptors (Lipinski definition) is 6. The van der Waals surface area contributed by atoms with E-state index in [1.165, 1.54) is 30.3 Å². The van der Waals surface area contributed by atoms with E-state index in [2.05, 4.69) is 16.7 Å². The van der Waals surface area contributed by atoms with Crippen LogP contribution in [0.25, 0.3) is 0 Å². The summed E-state index contributed by atoms with van der Waals surface area (Å²) in [7, 11) is 0. The van der Waals surface area contributed by atoms with E-state index in [1.54, 1.807) is 13.8 Å². The summed E-state index contributed by atoms with van der Waals surface area (Å²) >= 11 is 12.1. The lowest BCUT2D eigenvalue weighted by Crippen LogP contribution is -2.46. The maximum absolute atomic E-state index is 15.6. The third kappa shape index (κ3) is 5.96. The van der Waals surface area contributed by atoms with E-state index in [1.807, 2.05) is 0 Å². The zero-order valence-corrected chi connectivity index (χ0v) is 22.5. The second-order valence-electron chi connectivity index (χ2n) is 10.4. The molecule has 206 valence electrons. The van der Waals surface area contributed by atoms with Crippen molar-refractivity contribution < 1.29 is 28.9 Å². The van der Waals surface area contributed by atoms with Crippen molar-refractivity contribution in [2.45, 2.75) is 56.2 Å². The zero-order valence-electron chi connectivity index (χ0n) is 21.0. The van der Waals surface area contributed by atoms with Gasteiger partial charge in [0.15, 0.2) is 0 Å². The lowest BCUT2D eigenvalue weighted by molar-refractivity contribution is -0.123. The minimum Gasteiger partial charge on any atom is -0.396 e. The fraction of sp³-hybridized carbons (Fsp3) is 0.481. The van der Waals surface area contributed by atoms with Crippen LogP contribution in [0.4, 0.5) is 8.78 Å². The third-order valence-electron chi connectivity index (χ3n) is 7.09. The van der Waals surface area contributed by atoms with Crippen LogP contribution in [0.1, 0.15) is 43.7 Å². The molecular weight excluding hydrogens is 539 g/mol. The highest BCUT2D eigenvalue weighted by Crippen LogP contribution is 2.52. The molecule has 2 aromatic carbocycles. The highest BCUT2D eigenvalue weighted by Gasteiger charge is 2.61. The van der Waals surface area contributed by atoms with Crippen LogP contribution in [0.15, 0.2) is 36.4 Å². The average Bonchev–Trinajstić information content (AvgIpc) is 3.19. The topological polar surface area (TPSA) is 126 Å². The summed E-state index contributed by atoms with van der Waals surface area (Å²) in [5, 5.41) is 45.2. The number of aliphatic hydroxyl groups excluding tert-OH is 3. The molecule has 1 aliphatic heterocycles. The monoisotopic (exact) mass is 569 g/mol. The molecule has 1 fully saturated rings. The van der Waals surface area contributed by atoms with Gasteiger partial charge in [0.25, 0.3) is 0 Å². The van der Waals surface area contributed by atoms with Crippen molar-refractivity contribution in [1.82, 2.24) is 10.6 Å². The minimum absolute atomic E-state index is 0.00878. The molecule has 0 aromatic heterocycles.